The van der Waals surface area contributed by atoms with Crippen LogP contribution < -0.4 is 48.3 Å². The van der Waals surface area contributed by atoms with E-state index in [4.69, 9.17) is 5.73 Å². The summed E-state index contributed by atoms with van der Waals surface area (Å²) in [5, 5.41) is 55.9. The van der Waals surface area contributed by atoms with E-state index in [2.05, 4.69) is 55.2 Å². The van der Waals surface area contributed by atoms with Crippen molar-refractivity contribution >= 4 is 101 Å². The van der Waals surface area contributed by atoms with E-state index in [-0.39, 0.29) is 38.1 Å². The lowest BCUT2D eigenvalue weighted by Crippen LogP contribution is -2.59. The van der Waals surface area contributed by atoms with Crippen molar-refractivity contribution in [3.8, 4) is 0 Å². The largest absolute Gasteiger partial charge is 0.481 e. The zero-order chi connectivity index (χ0) is 55.3. The molecule has 2 fully saturated rings. The molecule has 0 aliphatic carbocycles. The molecule has 31 heteroatoms. The third-order valence-corrected chi connectivity index (χ3v) is 11.6. The molecule has 0 bridgehead atoms. The fraction of sp³-hybridized carbons (Fsp3) is 0.643. The summed E-state index contributed by atoms with van der Waals surface area (Å²) < 4.78 is 0. The minimum atomic E-state index is -1.94. The molecule has 0 saturated carbocycles. The van der Waals surface area contributed by atoms with Gasteiger partial charge in [0.1, 0.15) is 48.3 Å². The smallest absolute Gasteiger partial charge is 0.305 e. The molecule has 0 unspecified atom stereocenters. The highest BCUT2D eigenvalue weighted by atomic mass is 32.1. The van der Waals surface area contributed by atoms with Gasteiger partial charge in [0.05, 0.1) is 25.9 Å². The van der Waals surface area contributed by atoms with Crippen LogP contribution in [0.25, 0.3) is 0 Å². The van der Waals surface area contributed by atoms with Crippen LogP contribution in [0, 0.1) is 5.92 Å². The number of carboxylic acids is 4. The first-order valence-electron chi connectivity index (χ1n) is 22.9. The van der Waals surface area contributed by atoms with Gasteiger partial charge in [-0.15, -0.1) is 0 Å². The first-order chi connectivity index (χ1) is 34.2. The number of aliphatic carboxylic acids is 4. The summed E-state index contributed by atoms with van der Waals surface area (Å²) in [6.07, 6.45) is -4.01. The molecule has 8 atom stereocenters. The molecule has 0 aromatic rings. The monoisotopic (exact) mass is 1060 g/mol. The highest BCUT2D eigenvalue weighted by molar-refractivity contribution is 7.80. The van der Waals surface area contributed by atoms with Crippen LogP contribution in [0.3, 0.4) is 0 Å². The molecule has 2 aliphatic heterocycles. The average Bonchev–Trinajstić information content (AvgIpc) is 4.01. The van der Waals surface area contributed by atoms with Gasteiger partial charge >= 0.3 is 23.9 Å². The van der Waals surface area contributed by atoms with Gasteiger partial charge in [0.2, 0.25) is 65.0 Å². The summed E-state index contributed by atoms with van der Waals surface area (Å²) in [6.45, 7) is 2.78. The van der Waals surface area contributed by atoms with Crippen LogP contribution in [0.1, 0.15) is 85.0 Å². The maximum absolute atomic E-state index is 13.9. The molecule has 14 N–H and O–H groups in total. The van der Waals surface area contributed by atoms with E-state index >= 15 is 0 Å². The number of carbonyl (C=O) groups is 15. The summed E-state index contributed by atoms with van der Waals surface area (Å²) in [5.74, 6) is -17.6. The lowest BCUT2D eigenvalue weighted by molar-refractivity contribution is -0.144. The van der Waals surface area contributed by atoms with E-state index in [1.165, 1.54) is 0 Å². The number of primary amides is 1. The second-order valence-electron chi connectivity index (χ2n) is 17.3. The number of carboxylic acid groups (broad SMARTS) is 4. The average molecular weight is 1060 g/mol. The fourth-order valence-corrected chi connectivity index (χ4v) is 7.92. The van der Waals surface area contributed by atoms with Crippen molar-refractivity contribution in [2.24, 2.45) is 11.7 Å². The van der Waals surface area contributed by atoms with Gasteiger partial charge in [0.25, 0.3) is 0 Å². The van der Waals surface area contributed by atoms with Crippen molar-refractivity contribution in [2.45, 2.75) is 133 Å². The van der Waals surface area contributed by atoms with Crippen LogP contribution >= 0.6 is 12.6 Å². The Morgan fingerprint density at radius 1 is 0.548 bits per heavy atom. The van der Waals surface area contributed by atoms with Crippen LogP contribution in [0.5, 0.6) is 0 Å². The standard InChI is InChI=1S/C42H63N11O19S/c1-19(2)34(46-20(3)54)40(70)50-24(15-33(63)64)36(66)48-22(9-11-31(59)60)41(71)52-12-4-7-27(52)39(69)45-17-29(56)47-21(8-10-30(57)58)35(65)49-23(14-32(61)62)37(67)51-25(18-73)42(72)53-13-5-6-26(53)38(68)44-16-28(43)55/h19,21-27,34,73H,4-18H2,1-3H3,(H2,43,55)(H,44,68)(H,45,69)(H,46,54)(H,47,56)(H,48,66)(H,49,65)(H,50,70)(H,51,67)(H,57,58)(H,59,60)(H,61,62)(H,63,64)/t21-,22-,23-,24-,25-,26-,27-,34-/m0/s1. The number of hydrogen-bond acceptors (Lipinski definition) is 16. The third-order valence-electron chi connectivity index (χ3n) is 11.2. The maximum Gasteiger partial charge on any atom is 0.305 e. The van der Waals surface area contributed by atoms with Crippen molar-refractivity contribution in [3.05, 3.63) is 0 Å². The highest BCUT2D eigenvalue weighted by Crippen LogP contribution is 2.21. The normalized spacial score (nSPS) is 17.5. The van der Waals surface area contributed by atoms with Crippen molar-refractivity contribution < 1.29 is 92.3 Å². The van der Waals surface area contributed by atoms with Gasteiger partial charge in [-0.05, 0) is 44.4 Å². The van der Waals surface area contributed by atoms with Crippen LogP contribution in [0.2, 0.25) is 0 Å². The third kappa shape index (κ3) is 20.6. The van der Waals surface area contributed by atoms with Crippen LogP contribution in [0.4, 0.5) is 0 Å². The number of thiol groups is 1. The second kappa shape index (κ2) is 29.7. The molecule has 2 saturated heterocycles. The topological polar surface area (TPSA) is 466 Å². The summed E-state index contributed by atoms with van der Waals surface area (Å²) >= 11 is 4.10. The number of hydrogen-bond donors (Lipinski definition) is 14. The predicted octanol–water partition coefficient (Wildman–Crippen LogP) is -6.12. The first-order valence-corrected chi connectivity index (χ1v) is 23.5. The number of likely N-dealkylation sites (tertiary alicyclic amines) is 2. The highest BCUT2D eigenvalue weighted by Gasteiger charge is 2.41. The van der Waals surface area contributed by atoms with Gasteiger partial charge < -0.3 is 78.5 Å². The van der Waals surface area contributed by atoms with Gasteiger partial charge in [0.15, 0.2) is 0 Å². The van der Waals surface area contributed by atoms with Crippen LogP contribution in [-0.2, 0) is 71.9 Å². The van der Waals surface area contributed by atoms with Gasteiger partial charge in [-0.2, -0.15) is 12.6 Å². The second-order valence-corrected chi connectivity index (χ2v) is 17.7. The van der Waals surface area contributed by atoms with E-state index in [1.807, 2.05) is 0 Å². The zero-order valence-electron chi connectivity index (χ0n) is 40.1. The number of nitrogens with zero attached hydrogens (tertiary/aromatic N) is 2. The van der Waals surface area contributed by atoms with Crippen LogP contribution in [0.15, 0.2) is 0 Å². The summed E-state index contributed by atoms with van der Waals surface area (Å²) in [4.78, 5) is 192. The van der Waals surface area contributed by atoms with Crippen molar-refractivity contribution in [3.63, 3.8) is 0 Å². The number of nitrogens with two attached hydrogens (primary N) is 1. The Morgan fingerprint density at radius 3 is 1.38 bits per heavy atom. The van der Waals surface area contributed by atoms with Gasteiger partial charge in [-0.25, -0.2) is 0 Å². The molecule has 2 rings (SSSR count). The minimum Gasteiger partial charge on any atom is -0.481 e. The van der Waals surface area contributed by atoms with Crippen molar-refractivity contribution in [1.29, 1.82) is 0 Å². The molecular weight excluding hydrogens is 995 g/mol. The number of nitrogens with one attached hydrogen (secondary N) is 8. The van der Waals surface area contributed by atoms with Gasteiger partial charge in [-0.1, -0.05) is 13.8 Å². The molecule has 0 spiro atoms. The SMILES string of the molecule is CC(=O)N[C@H](C(=O)N[C@@H](CC(=O)O)C(=O)N[C@@H](CCC(=O)O)C(=O)N1CCC[C@H]1C(=O)NCC(=O)N[C@@H](CCC(=O)O)C(=O)N[C@@H](CC(=O)O)C(=O)N[C@@H](CS)C(=O)N1CCC[C@H]1C(=O)NCC(N)=O)C(C)C. The molecule has 0 aromatic carbocycles. The Bertz CT molecular complexity index is 2140. The van der Waals surface area contributed by atoms with Gasteiger partial charge in [0, 0.05) is 38.6 Å². The predicted molar refractivity (Wildman–Crippen MR) is 249 cm³/mol. The van der Waals surface area contributed by atoms with Gasteiger partial charge in [-0.3, -0.25) is 71.9 Å². The Hall–Kier alpha value is -7.60. The van der Waals surface area contributed by atoms with E-state index in [0.29, 0.717) is 6.42 Å². The van der Waals surface area contributed by atoms with Crippen LogP contribution in [-0.4, -0.2) is 199 Å². The van der Waals surface area contributed by atoms with Crippen molar-refractivity contribution in [2.75, 3.05) is 31.9 Å². The Labute approximate surface area is 422 Å². The molecule has 30 nitrogen and oxygen atoms in total. The molecule has 73 heavy (non-hydrogen) atoms. The summed E-state index contributed by atoms with van der Waals surface area (Å²) in [6, 6.07) is -12.3. The van der Waals surface area contributed by atoms with E-state index < -0.39 is 195 Å². The number of carbonyl (C=O) groups excluding carboxylic acids is 11. The zero-order valence-corrected chi connectivity index (χ0v) is 41.0. The lowest BCUT2D eigenvalue weighted by Gasteiger charge is -2.30. The summed E-state index contributed by atoms with van der Waals surface area (Å²) in [7, 11) is 0. The summed E-state index contributed by atoms with van der Waals surface area (Å²) in [5.41, 5.74) is 5.08. The number of amides is 11. The molecular formula is C42H63N11O19S. The minimum absolute atomic E-state index is 0.0164. The maximum atomic E-state index is 13.9. The quantitative estimate of drug-likeness (QED) is 0.0298. The number of rotatable bonds is 30. The first kappa shape index (κ1) is 61.5. The fourth-order valence-electron chi connectivity index (χ4n) is 7.68. The Kier molecular flexibility index (Phi) is 25.0. The van der Waals surface area contributed by atoms with E-state index in [9.17, 15) is 92.3 Å². The molecule has 0 aromatic heterocycles. The molecule has 2 heterocycles. The lowest BCUT2D eigenvalue weighted by atomic mass is 10.0. The van der Waals surface area contributed by atoms with E-state index in [1.54, 1.807) is 13.8 Å². The van der Waals surface area contributed by atoms with E-state index in [0.717, 1.165) is 16.7 Å². The molecule has 406 valence electrons. The Morgan fingerprint density at radius 2 is 0.959 bits per heavy atom. The van der Waals surface area contributed by atoms with Crippen molar-refractivity contribution in [1.82, 2.24) is 52.3 Å². The molecule has 11 amide bonds. The molecule has 0 radical (unpaired) electrons. The molecule has 2 aliphatic rings. The Balaban J connectivity index is 2.23.